The van der Waals surface area contributed by atoms with Crippen LogP contribution in [0.3, 0.4) is 0 Å². The molecule has 0 radical (unpaired) electrons. The highest BCUT2D eigenvalue weighted by Gasteiger charge is 2.18. The fraction of sp³-hybridized carbons (Fsp3) is 0.462. The van der Waals surface area contributed by atoms with E-state index < -0.39 is 0 Å². The number of nitrogens with one attached hydrogen (secondary N) is 2. The van der Waals surface area contributed by atoms with Gasteiger partial charge in [-0.05, 0) is 31.9 Å². The van der Waals surface area contributed by atoms with Crippen LogP contribution in [0, 0.1) is 0 Å². The molecule has 1 aliphatic heterocycles. The molecule has 2 aromatic rings. The van der Waals surface area contributed by atoms with E-state index in [1.807, 2.05) is 19.1 Å². The Balaban J connectivity index is 1.81. The summed E-state index contributed by atoms with van der Waals surface area (Å²) in [5.74, 6) is 7.73. The van der Waals surface area contributed by atoms with Crippen molar-refractivity contribution in [3.05, 3.63) is 24.2 Å². The Morgan fingerprint density at radius 2 is 2.00 bits per heavy atom. The first-order chi connectivity index (χ1) is 10.3. The second-order valence-electron chi connectivity index (χ2n) is 5.00. The Hall–Kier alpha value is -2.35. The highest BCUT2D eigenvalue weighted by molar-refractivity contribution is 5.44. The highest BCUT2D eigenvalue weighted by Crippen LogP contribution is 2.21. The molecule has 0 bridgehead atoms. The molecule has 0 spiro atoms. The van der Waals surface area contributed by atoms with Gasteiger partial charge in [-0.3, -0.25) is 5.43 Å². The number of hydrazine groups is 1. The minimum absolute atomic E-state index is 0.0422. The summed E-state index contributed by atoms with van der Waals surface area (Å²) in [6.07, 6.45) is 3.95. The van der Waals surface area contributed by atoms with Crippen molar-refractivity contribution >= 4 is 17.8 Å². The SMILES string of the molecule is CC(Nc1nc(NN)nc(N2CCCC2)n1)c1ccco1. The summed E-state index contributed by atoms with van der Waals surface area (Å²) in [6.45, 7) is 3.90. The Kier molecular flexibility index (Phi) is 3.87. The number of nitrogens with zero attached hydrogens (tertiary/aromatic N) is 4. The monoisotopic (exact) mass is 289 g/mol. The largest absolute Gasteiger partial charge is 0.467 e. The first-order valence-corrected chi connectivity index (χ1v) is 7.04. The third kappa shape index (κ3) is 3.05. The second kappa shape index (κ2) is 5.96. The van der Waals surface area contributed by atoms with Gasteiger partial charge in [0.25, 0.3) is 0 Å². The summed E-state index contributed by atoms with van der Waals surface area (Å²) in [6, 6.07) is 3.71. The number of anilines is 3. The van der Waals surface area contributed by atoms with E-state index in [1.165, 1.54) is 0 Å². The molecule has 3 rings (SSSR count). The van der Waals surface area contributed by atoms with Gasteiger partial charge in [0.2, 0.25) is 17.8 Å². The second-order valence-corrected chi connectivity index (χ2v) is 5.00. The minimum Gasteiger partial charge on any atom is -0.467 e. The van der Waals surface area contributed by atoms with Crippen LogP contribution in [0.5, 0.6) is 0 Å². The molecule has 0 saturated carbocycles. The molecular formula is C13H19N7O. The van der Waals surface area contributed by atoms with Gasteiger partial charge >= 0.3 is 0 Å². The average molecular weight is 289 g/mol. The Bertz CT molecular complexity index is 580. The summed E-state index contributed by atoms with van der Waals surface area (Å²) in [4.78, 5) is 15.1. The van der Waals surface area contributed by atoms with Gasteiger partial charge in [0.15, 0.2) is 0 Å². The van der Waals surface area contributed by atoms with E-state index in [9.17, 15) is 0 Å². The van der Waals surface area contributed by atoms with Crippen molar-refractivity contribution in [2.75, 3.05) is 28.7 Å². The maximum Gasteiger partial charge on any atom is 0.243 e. The van der Waals surface area contributed by atoms with Crippen molar-refractivity contribution in [2.24, 2.45) is 5.84 Å². The van der Waals surface area contributed by atoms with Crippen LogP contribution in [0.15, 0.2) is 22.8 Å². The van der Waals surface area contributed by atoms with Gasteiger partial charge in [0.1, 0.15) is 5.76 Å². The van der Waals surface area contributed by atoms with E-state index in [2.05, 4.69) is 30.6 Å². The number of rotatable bonds is 5. The number of hydrogen-bond donors (Lipinski definition) is 3. The van der Waals surface area contributed by atoms with E-state index in [4.69, 9.17) is 10.3 Å². The number of hydrogen-bond acceptors (Lipinski definition) is 8. The van der Waals surface area contributed by atoms with Crippen molar-refractivity contribution in [3.63, 3.8) is 0 Å². The van der Waals surface area contributed by atoms with E-state index >= 15 is 0 Å². The fourth-order valence-corrected chi connectivity index (χ4v) is 2.35. The molecule has 8 heteroatoms. The number of aromatic nitrogens is 3. The van der Waals surface area contributed by atoms with E-state index in [1.54, 1.807) is 6.26 Å². The van der Waals surface area contributed by atoms with Crippen LogP contribution < -0.4 is 21.5 Å². The van der Waals surface area contributed by atoms with Gasteiger partial charge < -0.3 is 14.6 Å². The Morgan fingerprint density at radius 1 is 1.24 bits per heavy atom. The predicted octanol–water partition coefficient (Wildman–Crippen LogP) is 1.52. The van der Waals surface area contributed by atoms with E-state index in [0.29, 0.717) is 17.8 Å². The maximum atomic E-state index is 5.44. The van der Waals surface area contributed by atoms with E-state index in [-0.39, 0.29) is 6.04 Å². The molecule has 4 N–H and O–H groups in total. The minimum atomic E-state index is -0.0422. The van der Waals surface area contributed by atoms with Gasteiger partial charge in [0, 0.05) is 13.1 Å². The van der Waals surface area contributed by atoms with Crippen LogP contribution in [-0.4, -0.2) is 28.0 Å². The molecule has 3 heterocycles. The average Bonchev–Trinajstić information content (AvgIpc) is 3.19. The number of furan rings is 1. The van der Waals surface area contributed by atoms with Gasteiger partial charge in [-0.15, -0.1) is 0 Å². The normalized spacial score (nSPS) is 16.0. The lowest BCUT2D eigenvalue weighted by molar-refractivity contribution is 0.489. The molecule has 2 aromatic heterocycles. The van der Waals surface area contributed by atoms with Gasteiger partial charge in [-0.2, -0.15) is 15.0 Å². The molecule has 0 aromatic carbocycles. The molecular weight excluding hydrogens is 270 g/mol. The topological polar surface area (TPSA) is 105 Å². The number of nitrogen functional groups attached to an aromatic ring is 1. The molecule has 0 aliphatic carbocycles. The molecule has 21 heavy (non-hydrogen) atoms. The standard InChI is InChI=1S/C13H19N7O/c1-9(10-5-4-8-21-10)15-11-16-12(19-14)18-13(17-11)20-6-2-3-7-20/h4-5,8-9H,2-3,6-7,14H2,1H3,(H2,15,16,17,18,19). The Morgan fingerprint density at radius 3 is 2.67 bits per heavy atom. The van der Waals surface area contributed by atoms with Crippen LogP contribution in [0.2, 0.25) is 0 Å². The summed E-state index contributed by atoms with van der Waals surface area (Å²) < 4.78 is 5.37. The van der Waals surface area contributed by atoms with E-state index in [0.717, 1.165) is 31.7 Å². The van der Waals surface area contributed by atoms with Gasteiger partial charge in [-0.25, -0.2) is 5.84 Å². The zero-order chi connectivity index (χ0) is 14.7. The zero-order valence-electron chi connectivity index (χ0n) is 11.9. The van der Waals surface area contributed by atoms with Crippen LogP contribution in [0.4, 0.5) is 17.8 Å². The summed E-state index contributed by atoms with van der Waals surface area (Å²) in [7, 11) is 0. The predicted molar refractivity (Wildman–Crippen MR) is 79.8 cm³/mol. The summed E-state index contributed by atoms with van der Waals surface area (Å²) in [5, 5.41) is 3.20. The summed E-state index contributed by atoms with van der Waals surface area (Å²) in [5.41, 5.74) is 2.49. The van der Waals surface area contributed by atoms with Crippen molar-refractivity contribution in [2.45, 2.75) is 25.8 Å². The molecule has 0 amide bonds. The summed E-state index contributed by atoms with van der Waals surface area (Å²) >= 11 is 0. The lowest BCUT2D eigenvalue weighted by Crippen LogP contribution is -2.23. The van der Waals surface area contributed by atoms with Crippen LogP contribution in [0.25, 0.3) is 0 Å². The van der Waals surface area contributed by atoms with Crippen LogP contribution in [-0.2, 0) is 0 Å². The van der Waals surface area contributed by atoms with Crippen LogP contribution >= 0.6 is 0 Å². The molecule has 1 unspecified atom stereocenters. The molecule has 1 fully saturated rings. The smallest absolute Gasteiger partial charge is 0.243 e. The lowest BCUT2D eigenvalue weighted by Gasteiger charge is -2.18. The molecule has 1 saturated heterocycles. The lowest BCUT2D eigenvalue weighted by atomic mass is 10.2. The zero-order valence-corrected chi connectivity index (χ0v) is 11.9. The molecule has 8 nitrogen and oxygen atoms in total. The fourth-order valence-electron chi connectivity index (χ4n) is 2.35. The van der Waals surface area contributed by atoms with Gasteiger partial charge in [0.05, 0.1) is 12.3 Å². The third-order valence-electron chi connectivity index (χ3n) is 3.46. The van der Waals surface area contributed by atoms with Crippen molar-refractivity contribution in [1.29, 1.82) is 0 Å². The van der Waals surface area contributed by atoms with Crippen molar-refractivity contribution in [1.82, 2.24) is 15.0 Å². The van der Waals surface area contributed by atoms with Crippen molar-refractivity contribution < 1.29 is 4.42 Å². The molecule has 1 atom stereocenters. The molecule has 1 aliphatic rings. The molecule has 112 valence electrons. The van der Waals surface area contributed by atoms with Crippen molar-refractivity contribution in [3.8, 4) is 0 Å². The van der Waals surface area contributed by atoms with Gasteiger partial charge in [-0.1, -0.05) is 0 Å². The highest BCUT2D eigenvalue weighted by atomic mass is 16.3. The first kappa shape index (κ1) is 13.6. The first-order valence-electron chi connectivity index (χ1n) is 7.04. The maximum absolute atomic E-state index is 5.44. The Labute approximate surface area is 122 Å². The number of nitrogens with two attached hydrogens (primary N) is 1. The third-order valence-corrected chi connectivity index (χ3v) is 3.46. The quantitative estimate of drug-likeness (QED) is 0.562. The van der Waals surface area contributed by atoms with Crippen LogP contribution in [0.1, 0.15) is 31.6 Å².